The van der Waals surface area contributed by atoms with Gasteiger partial charge in [-0.25, -0.2) is 3.96 Å². The summed E-state index contributed by atoms with van der Waals surface area (Å²) in [4.78, 5) is 11.9. The Kier molecular flexibility index (Phi) is 6.11. The lowest BCUT2D eigenvalue weighted by Gasteiger charge is -2.16. The number of para-hydroxylation sites is 1. The number of benzene rings is 1. The van der Waals surface area contributed by atoms with Gasteiger partial charge in [0.2, 0.25) is 0 Å². The van der Waals surface area contributed by atoms with Crippen LogP contribution in [0.5, 0.6) is 5.75 Å². The lowest BCUT2D eigenvalue weighted by Crippen LogP contribution is -2.23. The van der Waals surface area contributed by atoms with Crippen molar-refractivity contribution in [3.8, 4) is 5.75 Å². The molecule has 0 radical (unpaired) electrons. The van der Waals surface area contributed by atoms with Crippen LogP contribution in [0.15, 0.2) is 35.1 Å². The van der Waals surface area contributed by atoms with Crippen LogP contribution in [0.25, 0.3) is 0 Å². The van der Waals surface area contributed by atoms with E-state index >= 15 is 0 Å². The maximum Gasteiger partial charge on any atom is 0.283 e. The van der Waals surface area contributed by atoms with Crippen LogP contribution < -0.4 is 10.3 Å². The Morgan fingerprint density at radius 1 is 1.24 bits per heavy atom. The fourth-order valence-electron chi connectivity index (χ4n) is 1.75. The molecule has 0 aliphatic carbocycles. The van der Waals surface area contributed by atoms with Crippen molar-refractivity contribution < 1.29 is 9.47 Å². The highest BCUT2D eigenvalue weighted by molar-refractivity contribution is 7.11. The predicted molar refractivity (Wildman–Crippen MR) is 85.8 cm³/mol. The van der Waals surface area contributed by atoms with Crippen molar-refractivity contribution >= 4 is 34.7 Å². The minimum absolute atomic E-state index is 0.0456. The van der Waals surface area contributed by atoms with Gasteiger partial charge < -0.3 is 9.47 Å². The van der Waals surface area contributed by atoms with Crippen molar-refractivity contribution in [2.75, 3.05) is 13.2 Å². The monoisotopic (exact) mass is 347 g/mol. The maximum atomic E-state index is 11.9. The van der Waals surface area contributed by atoms with Crippen molar-refractivity contribution in [2.45, 2.75) is 19.6 Å². The Hall–Kier alpha value is -1.01. The average molecular weight is 348 g/mol. The largest absolute Gasteiger partial charge is 0.491 e. The van der Waals surface area contributed by atoms with Gasteiger partial charge in [-0.3, -0.25) is 4.79 Å². The average Bonchev–Trinajstić information content (AvgIpc) is 2.76. The smallest absolute Gasteiger partial charge is 0.283 e. The van der Waals surface area contributed by atoms with E-state index in [9.17, 15) is 4.79 Å². The van der Waals surface area contributed by atoms with Crippen LogP contribution in [-0.4, -0.2) is 17.2 Å². The normalized spacial score (nSPS) is 12.3. The van der Waals surface area contributed by atoms with Gasteiger partial charge in [-0.2, -0.15) is 0 Å². The van der Waals surface area contributed by atoms with Crippen LogP contribution in [0, 0.1) is 0 Å². The molecule has 0 saturated heterocycles. The fourth-order valence-corrected chi connectivity index (χ4v) is 3.14. The molecule has 0 aliphatic rings. The first-order valence-electron chi connectivity index (χ1n) is 6.49. The lowest BCUT2D eigenvalue weighted by atomic mass is 10.3. The summed E-state index contributed by atoms with van der Waals surface area (Å²) in [6.07, 6.45) is 0.255. The molecule has 0 spiro atoms. The molecule has 0 saturated carbocycles. The lowest BCUT2D eigenvalue weighted by molar-refractivity contribution is -0.00872. The molecule has 2 rings (SSSR count). The Morgan fingerprint density at radius 3 is 2.52 bits per heavy atom. The highest BCUT2D eigenvalue weighted by Gasteiger charge is 2.18. The quantitative estimate of drug-likeness (QED) is 0.704. The molecule has 0 fully saturated rings. The van der Waals surface area contributed by atoms with Crippen molar-refractivity contribution in [1.29, 1.82) is 0 Å². The van der Waals surface area contributed by atoms with Gasteiger partial charge in [0.25, 0.3) is 5.56 Å². The summed E-state index contributed by atoms with van der Waals surface area (Å²) < 4.78 is 12.9. The Morgan fingerprint density at radius 2 is 1.95 bits per heavy atom. The standard InChI is InChI=1S/C14H15Cl2NO3S/c1-2-11(17-14(18)12(15)13(16)21-17)20-9-8-19-10-6-4-3-5-7-10/h3-7,11H,2,8-9H2,1H3. The molecule has 1 aromatic carbocycles. The van der Waals surface area contributed by atoms with Crippen LogP contribution >= 0.6 is 34.7 Å². The van der Waals surface area contributed by atoms with E-state index in [4.69, 9.17) is 32.7 Å². The Bertz CT molecular complexity index is 627. The Balaban J connectivity index is 1.88. The zero-order valence-electron chi connectivity index (χ0n) is 11.4. The second-order valence-electron chi connectivity index (χ2n) is 4.21. The van der Waals surface area contributed by atoms with E-state index in [-0.39, 0.29) is 21.1 Å². The van der Waals surface area contributed by atoms with Gasteiger partial charge in [-0.05, 0) is 30.1 Å². The number of rotatable bonds is 7. The number of halogens is 2. The minimum Gasteiger partial charge on any atom is -0.491 e. The van der Waals surface area contributed by atoms with Gasteiger partial charge in [0, 0.05) is 0 Å². The third-order valence-electron chi connectivity index (χ3n) is 2.76. The van der Waals surface area contributed by atoms with Gasteiger partial charge >= 0.3 is 0 Å². The summed E-state index contributed by atoms with van der Waals surface area (Å²) in [6, 6.07) is 9.48. The zero-order valence-corrected chi connectivity index (χ0v) is 13.7. The SMILES string of the molecule is CCC(OCCOc1ccccc1)n1sc(Cl)c(Cl)c1=O. The van der Waals surface area contributed by atoms with Crippen LogP contribution in [-0.2, 0) is 4.74 Å². The second kappa shape index (κ2) is 7.84. The van der Waals surface area contributed by atoms with Crippen LogP contribution in [0.4, 0.5) is 0 Å². The van der Waals surface area contributed by atoms with E-state index in [0.29, 0.717) is 19.6 Å². The van der Waals surface area contributed by atoms with E-state index in [2.05, 4.69) is 0 Å². The molecular weight excluding hydrogens is 333 g/mol. The maximum absolute atomic E-state index is 11.9. The predicted octanol–water partition coefficient (Wildman–Crippen LogP) is 4.22. The van der Waals surface area contributed by atoms with Crippen LogP contribution in [0.1, 0.15) is 19.6 Å². The van der Waals surface area contributed by atoms with Crippen LogP contribution in [0.2, 0.25) is 9.36 Å². The highest BCUT2D eigenvalue weighted by Crippen LogP contribution is 2.27. The molecule has 2 aromatic rings. The molecule has 7 heteroatoms. The molecule has 21 heavy (non-hydrogen) atoms. The number of hydrogen-bond acceptors (Lipinski definition) is 4. The zero-order chi connectivity index (χ0) is 15.2. The van der Waals surface area contributed by atoms with Crippen molar-refractivity contribution in [3.05, 3.63) is 50.0 Å². The third kappa shape index (κ3) is 4.23. The molecule has 1 unspecified atom stereocenters. The first kappa shape index (κ1) is 16.4. The topological polar surface area (TPSA) is 40.5 Å². The highest BCUT2D eigenvalue weighted by atomic mass is 35.5. The summed E-state index contributed by atoms with van der Waals surface area (Å²) in [6.45, 7) is 2.70. The molecule has 4 nitrogen and oxygen atoms in total. The fraction of sp³-hybridized carbons (Fsp3) is 0.357. The molecule has 1 heterocycles. The summed E-state index contributed by atoms with van der Waals surface area (Å²) in [5, 5.41) is 0.0456. The molecule has 0 bridgehead atoms. The van der Waals surface area contributed by atoms with Gasteiger partial charge in [-0.1, -0.05) is 48.3 Å². The first-order valence-corrected chi connectivity index (χ1v) is 8.02. The third-order valence-corrected chi connectivity index (χ3v) is 4.67. The van der Waals surface area contributed by atoms with Gasteiger partial charge in [0.05, 0.1) is 6.61 Å². The Labute approximate surface area is 137 Å². The van der Waals surface area contributed by atoms with E-state index in [1.807, 2.05) is 37.3 Å². The first-order chi connectivity index (χ1) is 10.1. The van der Waals surface area contributed by atoms with Gasteiger partial charge in [0.1, 0.15) is 27.9 Å². The van der Waals surface area contributed by atoms with E-state index in [1.165, 1.54) is 3.96 Å². The summed E-state index contributed by atoms with van der Waals surface area (Å²) in [7, 11) is 0. The molecule has 0 amide bonds. The number of hydrogen-bond donors (Lipinski definition) is 0. The number of nitrogens with zero attached hydrogens (tertiary/aromatic N) is 1. The molecule has 114 valence electrons. The van der Waals surface area contributed by atoms with Crippen LogP contribution in [0.3, 0.4) is 0 Å². The molecule has 0 aliphatic heterocycles. The van der Waals surface area contributed by atoms with Gasteiger partial charge in [0.15, 0.2) is 0 Å². The summed E-state index contributed by atoms with van der Waals surface area (Å²) in [5.74, 6) is 0.786. The summed E-state index contributed by atoms with van der Waals surface area (Å²) in [5.41, 5.74) is -0.317. The molecule has 1 aromatic heterocycles. The number of aromatic nitrogens is 1. The van der Waals surface area contributed by atoms with E-state index < -0.39 is 0 Å². The van der Waals surface area contributed by atoms with Gasteiger partial charge in [-0.15, -0.1) is 0 Å². The van der Waals surface area contributed by atoms with Crippen molar-refractivity contribution in [1.82, 2.24) is 3.96 Å². The van der Waals surface area contributed by atoms with Crippen molar-refractivity contribution in [2.24, 2.45) is 0 Å². The minimum atomic E-state index is -0.383. The molecular formula is C14H15Cl2NO3S. The van der Waals surface area contributed by atoms with E-state index in [0.717, 1.165) is 17.3 Å². The summed E-state index contributed by atoms with van der Waals surface area (Å²) >= 11 is 12.8. The second-order valence-corrected chi connectivity index (χ2v) is 6.17. The van der Waals surface area contributed by atoms with Crippen molar-refractivity contribution in [3.63, 3.8) is 0 Å². The van der Waals surface area contributed by atoms with E-state index in [1.54, 1.807) is 0 Å². The molecule has 1 atom stereocenters. The molecule has 0 N–H and O–H groups in total. The number of ether oxygens (including phenoxy) is 2.